The first-order valence-electron chi connectivity index (χ1n) is 13.9. The average molecular weight is 571 g/mol. The SMILES string of the molecule is COc1cc([C@H](O)[C@H](CCCc2ccccc2)Oc2ccc(Oc3c(C(=O)O)ccc(C)c3C)cc2)cc(OC)c1C. The molecule has 0 aliphatic heterocycles. The molecule has 2 atom stereocenters. The zero-order valence-electron chi connectivity index (χ0n) is 24.7. The van der Waals surface area contributed by atoms with Gasteiger partial charge in [0.05, 0.1) is 14.2 Å². The number of aryl methyl sites for hydroxylation is 2. The molecule has 7 heteroatoms. The van der Waals surface area contributed by atoms with Gasteiger partial charge in [-0.3, -0.25) is 0 Å². The number of aliphatic hydroxyl groups excluding tert-OH is 1. The Morgan fingerprint density at radius 2 is 1.43 bits per heavy atom. The van der Waals surface area contributed by atoms with Crippen LogP contribution in [0, 0.1) is 20.8 Å². The molecular weight excluding hydrogens is 532 g/mol. The number of rotatable bonds is 13. The molecule has 0 radical (unpaired) electrons. The van der Waals surface area contributed by atoms with Gasteiger partial charge in [-0.05, 0) is 105 Å². The largest absolute Gasteiger partial charge is 0.496 e. The third-order valence-electron chi connectivity index (χ3n) is 7.50. The highest BCUT2D eigenvalue weighted by Gasteiger charge is 2.25. The van der Waals surface area contributed by atoms with Crippen molar-refractivity contribution >= 4 is 5.97 Å². The van der Waals surface area contributed by atoms with Crippen LogP contribution in [0.3, 0.4) is 0 Å². The van der Waals surface area contributed by atoms with Crippen LogP contribution in [0.25, 0.3) is 0 Å². The summed E-state index contributed by atoms with van der Waals surface area (Å²) in [6.45, 7) is 5.65. The molecule has 0 saturated heterocycles. The Morgan fingerprint density at radius 3 is 2.02 bits per heavy atom. The zero-order chi connectivity index (χ0) is 30.2. The Morgan fingerprint density at radius 1 is 0.810 bits per heavy atom. The van der Waals surface area contributed by atoms with E-state index in [2.05, 4.69) is 12.1 Å². The van der Waals surface area contributed by atoms with Crippen molar-refractivity contribution in [3.63, 3.8) is 0 Å². The van der Waals surface area contributed by atoms with Gasteiger partial charge < -0.3 is 29.2 Å². The third-order valence-corrected chi connectivity index (χ3v) is 7.50. The van der Waals surface area contributed by atoms with Gasteiger partial charge >= 0.3 is 5.97 Å². The number of carboxylic acids is 1. The summed E-state index contributed by atoms with van der Waals surface area (Å²) in [7, 11) is 3.18. The van der Waals surface area contributed by atoms with Crippen molar-refractivity contribution in [2.24, 2.45) is 0 Å². The summed E-state index contributed by atoms with van der Waals surface area (Å²) in [4.78, 5) is 11.8. The second-order valence-electron chi connectivity index (χ2n) is 10.3. The molecule has 220 valence electrons. The van der Waals surface area contributed by atoms with Gasteiger partial charge in [-0.2, -0.15) is 0 Å². The number of hydrogen-bond donors (Lipinski definition) is 2. The summed E-state index contributed by atoms with van der Waals surface area (Å²) in [6, 6.07) is 24.1. The van der Waals surface area contributed by atoms with Gasteiger partial charge in [-0.25, -0.2) is 4.79 Å². The average Bonchev–Trinajstić information content (AvgIpc) is 3.00. The molecule has 0 spiro atoms. The van der Waals surface area contributed by atoms with Crippen molar-refractivity contribution in [2.45, 2.75) is 52.2 Å². The van der Waals surface area contributed by atoms with E-state index in [1.165, 1.54) is 5.56 Å². The van der Waals surface area contributed by atoms with E-state index in [1.54, 1.807) is 50.6 Å². The second kappa shape index (κ2) is 13.9. The lowest BCUT2D eigenvalue weighted by Crippen LogP contribution is -2.26. The van der Waals surface area contributed by atoms with Crippen molar-refractivity contribution < 1.29 is 34.0 Å². The Labute approximate surface area is 247 Å². The van der Waals surface area contributed by atoms with Gasteiger partial charge in [0.25, 0.3) is 0 Å². The van der Waals surface area contributed by atoms with Crippen LogP contribution in [0.5, 0.6) is 28.7 Å². The fourth-order valence-electron chi connectivity index (χ4n) is 4.89. The van der Waals surface area contributed by atoms with Gasteiger partial charge in [0.15, 0.2) is 0 Å². The monoisotopic (exact) mass is 570 g/mol. The number of ether oxygens (including phenoxy) is 4. The summed E-state index contributed by atoms with van der Waals surface area (Å²) < 4.78 is 23.5. The number of aliphatic hydroxyl groups is 1. The minimum Gasteiger partial charge on any atom is -0.496 e. The topological polar surface area (TPSA) is 94.5 Å². The minimum atomic E-state index is -1.05. The van der Waals surface area contributed by atoms with Gasteiger partial charge in [-0.1, -0.05) is 36.4 Å². The van der Waals surface area contributed by atoms with E-state index in [0.717, 1.165) is 29.5 Å². The fourth-order valence-corrected chi connectivity index (χ4v) is 4.89. The maximum absolute atomic E-state index is 11.8. The highest BCUT2D eigenvalue weighted by Crippen LogP contribution is 2.36. The van der Waals surface area contributed by atoms with E-state index in [4.69, 9.17) is 18.9 Å². The number of hydrogen-bond acceptors (Lipinski definition) is 6. The first-order valence-corrected chi connectivity index (χ1v) is 13.9. The van der Waals surface area contributed by atoms with Crippen LogP contribution in [0.15, 0.2) is 78.9 Å². The summed E-state index contributed by atoms with van der Waals surface area (Å²) >= 11 is 0. The van der Waals surface area contributed by atoms with E-state index < -0.39 is 18.2 Å². The summed E-state index contributed by atoms with van der Waals surface area (Å²) in [5.74, 6) is 1.54. The van der Waals surface area contributed by atoms with Crippen molar-refractivity contribution in [1.29, 1.82) is 0 Å². The van der Waals surface area contributed by atoms with Crippen molar-refractivity contribution in [2.75, 3.05) is 14.2 Å². The summed E-state index contributed by atoms with van der Waals surface area (Å²) in [5.41, 5.74) is 4.51. The number of carbonyl (C=O) groups is 1. The molecule has 0 aliphatic rings. The number of carboxylic acid groups (broad SMARTS) is 1. The maximum Gasteiger partial charge on any atom is 0.339 e. The minimum absolute atomic E-state index is 0.101. The van der Waals surface area contributed by atoms with E-state index in [0.29, 0.717) is 40.7 Å². The number of benzene rings is 4. The quantitative estimate of drug-likeness (QED) is 0.171. The van der Waals surface area contributed by atoms with Crippen LogP contribution in [0.2, 0.25) is 0 Å². The molecule has 0 saturated carbocycles. The Balaban J connectivity index is 1.57. The van der Waals surface area contributed by atoms with Crippen LogP contribution in [-0.2, 0) is 6.42 Å². The lowest BCUT2D eigenvalue weighted by atomic mass is 9.97. The molecule has 7 nitrogen and oxygen atoms in total. The normalized spacial score (nSPS) is 12.3. The molecule has 2 N–H and O–H groups in total. The lowest BCUT2D eigenvalue weighted by molar-refractivity contribution is 0.0289. The Bertz CT molecular complexity index is 1470. The van der Waals surface area contributed by atoms with Gasteiger partial charge in [-0.15, -0.1) is 0 Å². The molecule has 0 amide bonds. The highest BCUT2D eigenvalue weighted by molar-refractivity contribution is 5.91. The van der Waals surface area contributed by atoms with Crippen molar-refractivity contribution in [3.05, 3.63) is 112 Å². The molecule has 0 bridgehead atoms. The van der Waals surface area contributed by atoms with Gasteiger partial charge in [0, 0.05) is 5.56 Å². The van der Waals surface area contributed by atoms with Crippen LogP contribution >= 0.6 is 0 Å². The first kappa shape index (κ1) is 30.5. The molecular formula is C35H38O7. The first-order chi connectivity index (χ1) is 20.2. The molecule has 4 rings (SSSR count). The number of aromatic carboxylic acids is 1. The second-order valence-corrected chi connectivity index (χ2v) is 10.3. The lowest BCUT2D eigenvalue weighted by Gasteiger charge is -2.26. The highest BCUT2D eigenvalue weighted by atomic mass is 16.5. The Kier molecular flexibility index (Phi) is 10.1. The van der Waals surface area contributed by atoms with E-state index in [-0.39, 0.29) is 5.56 Å². The van der Waals surface area contributed by atoms with Gasteiger partial charge in [0.2, 0.25) is 0 Å². The molecule has 0 unspecified atom stereocenters. The maximum atomic E-state index is 11.8. The Hall–Kier alpha value is -4.49. The van der Waals surface area contributed by atoms with Crippen LogP contribution in [0.4, 0.5) is 0 Å². The smallest absolute Gasteiger partial charge is 0.339 e. The predicted octanol–water partition coefficient (Wildman–Crippen LogP) is 7.62. The zero-order valence-corrected chi connectivity index (χ0v) is 24.7. The molecule has 0 heterocycles. The van der Waals surface area contributed by atoms with E-state index in [1.807, 2.05) is 51.1 Å². The van der Waals surface area contributed by atoms with E-state index in [9.17, 15) is 15.0 Å². The van der Waals surface area contributed by atoms with Gasteiger partial charge in [0.1, 0.15) is 46.5 Å². The predicted molar refractivity (Wildman–Crippen MR) is 162 cm³/mol. The molecule has 4 aromatic rings. The fraction of sp³-hybridized carbons (Fsp3) is 0.286. The van der Waals surface area contributed by atoms with E-state index >= 15 is 0 Å². The molecule has 0 aromatic heterocycles. The number of methoxy groups -OCH3 is 2. The van der Waals surface area contributed by atoms with Crippen LogP contribution < -0.4 is 18.9 Å². The molecule has 0 fully saturated rings. The molecule has 0 aliphatic carbocycles. The standard InChI is InChI=1S/C35H38O7/c1-22-14-19-29(35(37)38)34(23(22)2)42-28-17-15-27(16-18-28)41-30(13-9-12-25-10-7-6-8-11-25)33(36)26-20-31(39-4)24(3)32(21-26)40-5/h6-8,10-11,14-21,30,33,36H,9,12-13H2,1-5H3,(H,37,38)/t30-,33-/m0/s1. The van der Waals surface area contributed by atoms with Crippen LogP contribution in [-0.4, -0.2) is 36.5 Å². The van der Waals surface area contributed by atoms with Crippen LogP contribution in [0.1, 0.15) is 57.1 Å². The summed E-state index contributed by atoms with van der Waals surface area (Å²) in [5, 5.41) is 21.2. The third kappa shape index (κ3) is 7.22. The van der Waals surface area contributed by atoms with Crippen molar-refractivity contribution in [1.82, 2.24) is 0 Å². The summed E-state index contributed by atoms with van der Waals surface area (Å²) in [6.07, 6.45) is 0.737. The molecule has 4 aromatic carbocycles. The van der Waals surface area contributed by atoms with Crippen molar-refractivity contribution in [3.8, 4) is 28.7 Å². The molecule has 42 heavy (non-hydrogen) atoms.